The Labute approximate surface area is 350 Å². The standard InChI is InChI=1S/C42H55N3O14S/c1-25(2)20-45(60(49,50)29-10-8-28(9-11-29)43-41(47)58-35-23-55-39-31(35)13-16-52-39)21-27(19-37(46)57-34-22-54-38-30(34)12-15-51-38)33(18-26-6-4-3-5-7-26)44-42(48)59-36-24-56-40-32(36)14-17-53-40/h3-11,25,27,30-36,38-40H,12-24H2,1-2H3,(H,43,47)(H,44,48)/t27-,30?,31-,32?,33-,34+,35-,36+,38-,39+,40-/m1/s1. The zero-order chi connectivity index (χ0) is 41.8. The van der Waals surface area contributed by atoms with Crippen LogP contribution in [0.15, 0.2) is 59.5 Å². The largest absolute Gasteiger partial charge is 0.459 e. The van der Waals surface area contributed by atoms with Gasteiger partial charge in [-0.1, -0.05) is 44.2 Å². The number of rotatable bonds is 16. The van der Waals surface area contributed by atoms with Crippen molar-refractivity contribution >= 4 is 33.9 Å². The Morgan fingerprint density at radius 2 is 1.23 bits per heavy atom. The maximum atomic E-state index is 14.6. The first-order valence-corrected chi connectivity index (χ1v) is 22.4. The van der Waals surface area contributed by atoms with Crippen molar-refractivity contribution in [2.75, 3.05) is 58.0 Å². The quantitative estimate of drug-likeness (QED) is 0.181. The summed E-state index contributed by atoms with van der Waals surface area (Å²) in [5.74, 6) is -1.66. The SMILES string of the molecule is CC(C)CN(C[C@@H](CC(=O)O[C@H]1CO[C@H]2OCCC21)[C@@H](Cc1ccccc1)NC(=O)O[C@H]1CO[C@H]2OCCC21)S(=O)(=O)c1ccc(NC(=O)O[C@@H]2CO[C@@H]3OCC[C@@H]32)cc1. The Morgan fingerprint density at radius 3 is 1.78 bits per heavy atom. The van der Waals surface area contributed by atoms with E-state index in [1.165, 1.54) is 28.6 Å². The molecule has 11 atom stereocenters. The molecule has 2 unspecified atom stereocenters. The molecule has 8 rings (SSSR count). The van der Waals surface area contributed by atoms with E-state index in [9.17, 15) is 22.8 Å². The lowest BCUT2D eigenvalue weighted by atomic mass is 9.90. The van der Waals surface area contributed by atoms with E-state index in [4.69, 9.17) is 42.6 Å². The van der Waals surface area contributed by atoms with E-state index in [1.54, 1.807) is 0 Å². The third kappa shape index (κ3) is 10.1. The number of ether oxygens (including phenoxy) is 9. The second-order valence-corrected chi connectivity index (χ2v) is 18.7. The molecule has 2 aromatic carbocycles. The van der Waals surface area contributed by atoms with E-state index in [1.807, 2.05) is 44.2 Å². The van der Waals surface area contributed by atoms with E-state index < -0.39 is 71.0 Å². The van der Waals surface area contributed by atoms with Gasteiger partial charge in [-0.2, -0.15) is 4.31 Å². The number of carbonyl (C=O) groups is 3. The van der Waals surface area contributed by atoms with Crippen molar-refractivity contribution in [3.05, 3.63) is 60.2 Å². The number of esters is 1. The lowest BCUT2D eigenvalue weighted by Crippen LogP contribution is -2.49. The van der Waals surface area contributed by atoms with E-state index >= 15 is 0 Å². The van der Waals surface area contributed by atoms with Gasteiger partial charge in [0.15, 0.2) is 18.9 Å². The molecule has 0 spiro atoms. The van der Waals surface area contributed by atoms with Crippen LogP contribution in [-0.4, -0.2) is 127 Å². The van der Waals surface area contributed by atoms with Crippen molar-refractivity contribution in [1.29, 1.82) is 0 Å². The number of sulfonamides is 1. The van der Waals surface area contributed by atoms with Crippen LogP contribution in [0, 0.1) is 29.6 Å². The number of anilines is 1. The molecule has 6 heterocycles. The second-order valence-electron chi connectivity index (χ2n) is 16.8. The minimum Gasteiger partial charge on any atom is -0.459 e. The van der Waals surface area contributed by atoms with Crippen LogP contribution in [0.2, 0.25) is 0 Å². The number of fused-ring (bicyclic) bond motifs is 3. The van der Waals surface area contributed by atoms with Crippen molar-refractivity contribution in [3.8, 4) is 0 Å². The number of amides is 2. The molecular formula is C42H55N3O14S. The fraction of sp³-hybridized carbons (Fsp3) is 0.643. The topological polar surface area (TPSA) is 196 Å². The molecule has 2 aromatic rings. The highest BCUT2D eigenvalue weighted by molar-refractivity contribution is 7.89. The molecule has 0 bridgehead atoms. The summed E-state index contributed by atoms with van der Waals surface area (Å²) in [6.45, 7) is 5.96. The normalized spacial score (nSPS) is 30.4. The summed E-state index contributed by atoms with van der Waals surface area (Å²) in [5.41, 5.74) is 1.20. The number of carbonyl (C=O) groups excluding carboxylic acids is 3. The summed E-state index contributed by atoms with van der Waals surface area (Å²) in [4.78, 5) is 40.5. The second kappa shape index (κ2) is 19.0. The monoisotopic (exact) mass is 857 g/mol. The average Bonchev–Trinajstić information content (AvgIpc) is 4.07. The highest BCUT2D eigenvalue weighted by Crippen LogP contribution is 2.36. The molecule has 60 heavy (non-hydrogen) atoms. The predicted molar refractivity (Wildman–Crippen MR) is 211 cm³/mol. The van der Waals surface area contributed by atoms with Gasteiger partial charge in [0.1, 0.15) is 18.3 Å². The summed E-state index contributed by atoms with van der Waals surface area (Å²) in [7, 11) is -4.20. The molecule has 18 heteroatoms. The highest BCUT2D eigenvalue weighted by atomic mass is 32.2. The molecule has 6 fully saturated rings. The van der Waals surface area contributed by atoms with Gasteiger partial charge in [-0.3, -0.25) is 10.1 Å². The van der Waals surface area contributed by atoms with Crippen LogP contribution < -0.4 is 10.6 Å². The van der Waals surface area contributed by atoms with Crippen molar-refractivity contribution in [1.82, 2.24) is 9.62 Å². The molecule has 328 valence electrons. The van der Waals surface area contributed by atoms with Crippen LogP contribution >= 0.6 is 0 Å². The van der Waals surface area contributed by atoms with Crippen molar-refractivity contribution in [2.45, 2.75) is 94.1 Å². The van der Waals surface area contributed by atoms with Gasteiger partial charge < -0.3 is 47.9 Å². The van der Waals surface area contributed by atoms with Gasteiger partial charge in [0.05, 0.1) is 68.7 Å². The van der Waals surface area contributed by atoms with Gasteiger partial charge in [0.2, 0.25) is 10.0 Å². The molecule has 6 saturated heterocycles. The fourth-order valence-corrected chi connectivity index (χ4v) is 10.7. The van der Waals surface area contributed by atoms with Gasteiger partial charge >= 0.3 is 18.2 Å². The van der Waals surface area contributed by atoms with Crippen LogP contribution in [0.3, 0.4) is 0 Å². The Morgan fingerprint density at radius 1 is 0.700 bits per heavy atom. The molecule has 6 aliphatic rings. The van der Waals surface area contributed by atoms with Crippen molar-refractivity contribution in [3.63, 3.8) is 0 Å². The molecule has 0 radical (unpaired) electrons. The van der Waals surface area contributed by atoms with Crippen LogP contribution in [0.5, 0.6) is 0 Å². The van der Waals surface area contributed by atoms with E-state index in [0.29, 0.717) is 38.3 Å². The molecule has 0 aromatic heterocycles. The number of nitrogens with one attached hydrogen (secondary N) is 2. The average molecular weight is 858 g/mol. The molecule has 2 amide bonds. The minimum absolute atomic E-state index is 0.0181. The molecule has 0 saturated carbocycles. The first-order valence-electron chi connectivity index (χ1n) is 21.0. The Balaban J connectivity index is 1.02. The van der Waals surface area contributed by atoms with E-state index in [0.717, 1.165) is 12.0 Å². The summed E-state index contributed by atoms with van der Waals surface area (Å²) in [5, 5.41) is 5.70. The zero-order valence-electron chi connectivity index (χ0n) is 33.9. The van der Waals surface area contributed by atoms with Crippen LogP contribution in [0.25, 0.3) is 0 Å². The zero-order valence-corrected chi connectivity index (χ0v) is 34.7. The molecule has 2 N–H and O–H groups in total. The number of hydrogen-bond acceptors (Lipinski definition) is 14. The van der Waals surface area contributed by atoms with Crippen molar-refractivity contribution < 1.29 is 65.4 Å². The van der Waals surface area contributed by atoms with E-state index in [2.05, 4.69) is 10.6 Å². The highest BCUT2D eigenvalue weighted by Gasteiger charge is 2.47. The van der Waals surface area contributed by atoms with Gasteiger partial charge in [0.25, 0.3) is 0 Å². The van der Waals surface area contributed by atoms with Crippen molar-refractivity contribution in [2.24, 2.45) is 29.6 Å². The number of nitrogens with zero attached hydrogens (tertiary/aromatic N) is 1. The van der Waals surface area contributed by atoms with Gasteiger partial charge in [-0.25, -0.2) is 18.0 Å². The maximum absolute atomic E-state index is 14.6. The van der Waals surface area contributed by atoms with Gasteiger partial charge in [0, 0.05) is 30.7 Å². The number of hydrogen-bond donors (Lipinski definition) is 2. The summed E-state index contributed by atoms with van der Waals surface area (Å²) < 4.78 is 81.9. The lowest BCUT2D eigenvalue weighted by molar-refractivity contribution is -0.152. The predicted octanol–water partition coefficient (Wildman–Crippen LogP) is 4.05. The van der Waals surface area contributed by atoms with Crippen LogP contribution in [0.4, 0.5) is 15.3 Å². The fourth-order valence-electron chi connectivity index (χ4n) is 9.02. The summed E-state index contributed by atoms with van der Waals surface area (Å²) in [6.07, 6.45) is -1.93. The maximum Gasteiger partial charge on any atom is 0.411 e. The first-order chi connectivity index (χ1) is 29.0. The van der Waals surface area contributed by atoms with E-state index in [-0.39, 0.29) is 80.6 Å². The third-order valence-electron chi connectivity index (χ3n) is 12.1. The van der Waals surface area contributed by atoms with Gasteiger partial charge in [-0.05, 0) is 61.4 Å². The number of benzene rings is 2. The molecule has 6 aliphatic heterocycles. The third-order valence-corrected chi connectivity index (χ3v) is 13.9. The Bertz CT molecular complexity index is 1900. The minimum atomic E-state index is -4.20. The Hall–Kier alpha value is -3.88. The van der Waals surface area contributed by atoms with Gasteiger partial charge in [-0.15, -0.1) is 0 Å². The van der Waals surface area contributed by atoms with Crippen LogP contribution in [-0.2, 0) is 63.9 Å². The smallest absolute Gasteiger partial charge is 0.411 e. The first kappa shape index (κ1) is 42.8. The lowest BCUT2D eigenvalue weighted by Gasteiger charge is -2.33. The molecule has 17 nitrogen and oxygen atoms in total. The van der Waals surface area contributed by atoms with Crippen LogP contribution in [0.1, 0.15) is 45.1 Å². The Kier molecular flexibility index (Phi) is 13.6. The number of alkyl carbamates (subject to hydrolysis) is 1. The summed E-state index contributed by atoms with van der Waals surface area (Å²) >= 11 is 0. The molecule has 0 aliphatic carbocycles. The summed E-state index contributed by atoms with van der Waals surface area (Å²) in [6, 6.07) is 14.5. The molecular weight excluding hydrogens is 803 g/mol.